The first-order chi connectivity index (χ1) is 8.67. The monoisotopic (exact) mass is 275 g/mol. The normalized spacial score (nSPS) is 36.9. The second kappa shape index (κ2) is 6.22. The molecule has 0 aromatic carbocycles. The number of amides is 1. The van der Waals surface area contributed by atoms with Crippen molar-refractivity contribution in [1.29, 1.82) is 0 Å². The van der Waals surface area contributed by atoms with Gasteiger partial charge in [0.25, 0.3) is 0 Å². The Morgan fingerprint density at radius 2 is 2.22 bits per heavy atom. The van der Waals surface area contributed by atoms with Gasteiger partial charge in [0, 0.05) is 13.2 Å². The van der Waals surface area contributed by atoms with E-state index in [0.29, 0.717) is 25.6 Å². The predicted octanol–water partition coefficient (Wildman–Crippen LogP) is 1.66. The fraction of sp³-hybridized carbons (Fsp3) is 0.923. The molecular formula is C13H22ClNO3. The van der Waals surface area contributed by atoms with Crippen LogP contribution in [0.1, 0.15) is 26.7 Å². The van der Waals surface area contributed by atoms with Gasteiger partial charge in [-0.05, 0) is 19.8 Å². The van der Waals surface area contributed by atoms with Gasteiger partial charge in [0.1, 0.15) is 0 Å². The first-order valence-electron chi connectivity index (χ1n) is 6.77. The van der Waals surface area contributed by atoms with Crippen LogP contribution in [-0.2, 0) is 14.3 Å². The van der Waals surface area contributed by atoms with E-state index in [0.717, 1.165) is 12.8 Å². The lowest BCUT2D eigenvalue weighted by Crippen LogP contribution is -2.54. The van der Waals surface area contributed by atoms with Crippen LogP contribution < -0.4 is 0 Å². The first kappa shape index (κ1) is 14.1. The van der Waals surface area contributed by atoms with Crippen LogP contribution in [0.15, 0.2) is 0 Å². The molecule has 4 unspecified atom stereocenters. The topological polar surface area (TPSA) is 38.8 Å². The Kier molecular flexibility index (Phi) is 4.87. The average Bonchev–Trinajstić information content (AvgIpc) is 2.86. The molecule has 4 nitrogen and oxygen atoms in total. The summed E-state index contributed by atoms with van der Waals surface area (Å²) < 4.78 is 11.2. The van der Waals surface area contributed by atoms with Crippen molar-refractivity contribution in [2.75, 3.05) is 25.6 Å². The zero-order chi connectivity index (χ0) is 13.1. The van der Waals surface area contributed by atoms with E-state index in [1.165, 1.54) is 0 Å². The molecule has 0 bridgehead atoms. The molecule has 2 heterocycles. The van der Waals surface area contributed by atoms with E-state index < -0.39 is 0 Å². The number of halogens is 1. The third-order valence-electron chi connectivity index (χ3n) is 3.89. The quantitative estimate of drug-likeness (QED) is 0.736. The Labute approximate surface area is 114 Å². The summed E-state index contributed by atoms with van der Waals surface area (Å²) in [5, 5.41) is 0. The summed E-state index contributed by atoms with van der Waals surface area (Å²) in [4.78, 5) is 14.5. The number of carbonyl (C=O) groups excluding carboxylic acids is 1. The lowest BCUT2D eigenvalue weighted by molar-refractivity contribution is -0.149. The van der Waals surface area contributed by atoms with Crippen LogP contribution in [0.4, 0.5) is 0 Å². The molecule has 0 saturated carbocycles. The van der Waals surface area contributed by atoms with Crippen molar-refractivity contribution in [2.45, 2.75) is 44.9 Å². The second-order valence-electron chi connectivity index (χ2n) is 5.16. The molecule has 0 N–H and O–H groups in total. The number of morpholine rings is 1. The van der Waals surface area contributed by atoms with Gasteiger partial charge in [0.2, 0.25) is 5.91 Å². The third-order valence-corrected chi connectivity index (χ3v) is 4.23. The van der Waals surface area contributed by atoms with Crippen LogP contribution in [0.25, 0.3) is 0 Å². The van der Waals surface area contributed by atoms with Gasteiger partial charge in [-0.2, -0.15) is 0 Å². The molecule has 18 heavy (non-hydrogen) atoms. The van der Waals surface area contributed by atoms with E-state index in [2.05, 4.69) is 6.92 Å². The maximum Gasteiger partial charge on any atom is 0.228 e. The van der Waals surface area contributed by atoms with Crippen LogP contribution >= 0.6 is 11.6 Å². The van der Waals surface area contributed by atoms with Crippen molar-refractivity contribution >= 4 is 17.5 Å². The smallest absolute Gasteiger partial charge is 0.228 e. The molecule has 2 rings (SSSR count). The predicted molar refractivity (Wildman–Crippen MR) is 69.8 cm³/mol. The van der Waals surface area contributed by atoms with Gasteiger partial charge < -0.3 is 14.4 Å². The Morgan fingerprint density at radius 3 is 2.89 bits per heavy atom. The minimum absolute atomic E-state index is 0.0199. The lowest BCUT2D eigenvalue weighted by atomic mass is 9.96. The number of hydrogen-bond acceptors (Lipinski definition) is 3. The molecule has 2 aliphatic heterocycles. The summed E-state index contributed by atoms with van der Waals surface area (Å²) >= 11 is 5.83. The van der Waals surface area contributed by atoms with E-state index in [1.807, 2.05) is 11.8 Å². The number of alkyl halides is 1. The third kappa shape index (κ3) is 2.81. The highest BCUT2D eigenvalue weighted by Crippen LogP contribution is 2.27. The first-order valence-corrected chi connectivity index (χ1v) is 7.30. The van der Waals surface area contributed by atoms with Crippen LogP contribution in [0, 0.1) is 5.92 Å². The molecule has 4 atom stereocenters. The fourth-order valence-corrected chi connectivity index (χ4v) is 2.95. The molecule has 2 saturated heterocycles. The average molecular weight is 276 g/mol. The highest BCUT2D eigenvalue weighted by Gasteiger charge is 2.39. The van der Waals surface area contributed by atoms with Crippen LogP contribution in [-0.4, -0.2) is 54.7 Å². The van der Waals surface area contributed by atoms with Gasteiger partial charge in [-0.15, -0.1) is 11.6 Å². The minimum Gasteiger partial charge on any atom is -0.377 e. The number of hydrogen-bond donors (Lipinski definition) is 0. The Balaban J connectivity index is 2.02. The molecule has 0 aliphatic carbocycles. The van der Waals surface area contributed by atoms with Gasteiger partial charge >= 0.3 is 0 Å². The molecule has 0 aromatic heterocycles. The second-order valence-corrected chi connectivity index (χ2v) is 5.47. The van der Waals surface area contributed by atoms with E-state index >= 15 is 0 Å². The SMILES string of the molecule is CCC1OCCC1C(=O)N1CC(CCl)OCC1C. The highest BCUT2D eigenvalue weighted by molar-refractivity contribution is 6.18. The van der Waals surface area contributed by atoms with Gasteiger partial charge in [-0.1, -0.05) is 6.92 Å². The molecule has 2 aliphatic rings. The molecule has 1 amide bonds. The van der Waals surface area contributed by atoms with Gasteiger partial charge in [0.15, 0.2) is 0 Å². The molecule has 0 spiro atoms. The van der Waals surface area contributed by atoms with Crippen LogP contribution in [0.5, 0.6) is 0 Å². The van der Waals surface area contributed by atoms with Crippen molar-refractivity contribution in [2.24, 2.45) is 5.92 Å². The summed E-state index contributed by atoms with van der Waals surface area (Å²) in [7, 11) is 0. The minimum atomic E-state index is -0.0331. The van der Waals surface area contributed by atoms with Crippen molar-refractivity contribution in [3.05, 3.63) is 0 Å². The summed E-state index contributed by atoms with van der Waals surface area (Å²) in [5.41, 5.74) is 0. The lowest BCUT2D eigenvalue weighted by Gasteiger charge is -2.39. The molecular weight excluding hydrogens is 254 g/mol. The summed E-state index contributed by atoms with van der Waals surface area (Å²) in [6.45, 7) is 5.98. The number of rotatable bonds is 3. The molecule has 104 valence electrons. The van der Waals surface area contributed by atoms with Crippen molar-refractivity contribution < 1.29 is 14.3 Å². The summed E-state index contributed by atoms with van der Waals surface area (Å²) in [5.74, 6) is 0.672. The van der Waals surface area contributed by atoms with E-state index in [4.69, 9.17) is 21.1 Å². The zero-order valence-electron chi connectivity index (χ0n) is 11.1. The van der Waals surface area contributed by atoms with E-state index in [1.54, 1.807) is 0 Å². The Morgan fingerprint density at radius 1 is 1.44 bits per heavy atom. The van der Waals surface area contributed by atoms with Crippen LogP contribution in [0.2, 0.25) is 0 Å². The molecule has 2 fully saturated rings. The summed E-state index contributed by atoms with van der Waals surface area (Å²) in [6.07, 6.45) is 1.79. The van der Waals surface area contributed by atoms with Crippen LogP contribution in [0.3, 0.4) is 0 Å². The van der Waals surface area contributed by atoms with E-state index in [-0.39, 0.29) is 30.1 Å². The zero-order valence-corrected chi connectivity index (χ0v) is 11.9. The van der Waals surface area contributed by atoms with Crippen molar-refractivity contribution in [3.63, 3.8) is 0 Å². The van der Waals surface area contributed by atoms with Crippen molar-refractivity contribution in [3.8, 4) is 0 Å². The maximum absolute atomic E-state index is 12.6. The summed E-state index contributed by atoms with van der Waals surface area (Å²) in [6, 6.07) is 0.134. The fourth-order valence-electron chi connectivity index (χ4n) is 2.76. The highest BCUT2D eigenvalue weighted by atomic mass is 35.5. The van der Waals surface area contributed by atoms with E-state index in [9.17, 15) is 4.79 Å². The van der Waals surface area contributed by atoms with Gasteiger partial charge in [-0.3, -0.25) is 4.79 Å². The molecule has 0 aromatic rings. The number of nitrogens with zero attached hydrogens (tertiary/aromatic N) is 1. The standard InChI is InChI=1S/C13H22ClNO3/c1-3-12-11(4-5-17-12)13(16)15-7-10(6-14)18-8-9(15)2/h9-12H,3-8H2,1-2H3. The molecule has 0 radical (unpaired) electrons. The Bertz CT molecular complexity index is 300. The van der Waals surface area contributed by atoms with Gasteiger partial charge in [0.05, 0.1) is 36.7 Å². The maximum atomic E-state index is 12.6. The largest absolute Gasteiger partial charge is 0.377 e. The Hall–Kier alpha value is -0.320. The van der Waals surface area contributed by atoms with Crippen molar-refractivity contribution in [1.82, 2.24) is 4.90 Å². The molecule has 5 heteroatoms. The number of carbonyl (C=O) groups is 1. The van der Waals surface area contributed by atoms with Gasteiger partial charge in [-0.25, -0.2) is 0 Å². The number of ether oxygens (including phenoxy) is 2.